The summed E-state index contributed by atoms with van der Waals surface area (Å²) in [5.74, 6) is 0.685. The van der Waals surface area contributed by atoms with E-state index in [9.17, 15) is 4.79 Å². The zero-order chi connectivity index (χ0) is 10.2. The second-order valence-corrected chi connectivity index (χ2v) is 4.58. The van der Waals surface area contributed by atoms with Gasteiger partial charge in [0.05, 0.1) is 12.5 Å². The monoisotopic (exact) mass is 192 g/mol. The third kappa shape index (κ3) is 1.47. The average molecular weight is 192 g/mol. The van der Waals surface area contributed by atoms with Crippen molar-refractivity contribution in [2.24, 2.45) is 11.3 Å². The number of aldehydes is 1. The van der Waals surface area contributed by atoms with Gasteiger partial charge in [0.15, 0.2) is 6.29 Å². The number of carbonyl (C=O) groups excluding carboxylic acids is 1. The summed E-state index contributed by atoms with van der Waals surface area (Å²) in [6.07, 6.45) is 6.82. The first-order valence-corrected chi connectivity index (χ1v) is 5.13. The fourth-order valence-electron chi connectivity index (χ4n) is 1.98. The zero-order valence-electron chi connectivity index (χ0n) is 8.73. The molecule has 1 aromatic rings. The minimum Gasteiger partial charge on any atom is -0.328 e. The highest BCUT2D eigenvalue weighted by atomic mass is 16.1. The molecule has 1 heterocycles. The molecule has 0 radical (unpaired) electrons. The van der Waals surface area contributed by atoms with Crippen LogP contribution in [0.3, 0.4) is 0 Å². The molecule has 1 aromatic heterocycles. The van der Waals surface area contributed by atoms with E-state index in [0.717, 1.165) is 12.8 Å². The van der Waals surface area contributed by atoms with Crippen molar-refractivity contribution in [3.63, 3.8) is 0 Å². The molecule has 0 saturated heterocycles. The molecule has 0 aliphatic heterocycles. The fraction of sp³-hybridized carbons (Fsp3) is 0.636. The largest absolute Gasteiger partial charge is 0.328 e. The van der Waals surface area contributed by atoms with Crippen LogP contribution in [0.15, 0.2) is 12.5 Å². The number of rotatable bonds is 4. The molecule has 0 spiro atoms. The summed E-state index contributed by atoms with van der Waals surface area (Å²) < 4.78 is 1.97. The van der Waals surface area contributed by atoms with Crippen molar-refractivity contribution in [2.45, 2.75) is 33.2 Å². The summed E-state index contributed by atoms with van der Waals surface area (Å²) in [6, 6.07) is 0. The number of hydrogen-bond donors (Lipinski definition) is 0. The molecule has 76 valence electrons. The van der Waals surface area contributed by atoms with Gasteiger partial charge in [-0.1, -0.05) is 13.8 Å². The number of hydrogen-bond acceptors (Lipinski definition) is 2. The normalized spacial score (nSPS) is 18.5. The molecule has 0 unspecified atom stereocenters. The molecule has 0 aromatic carbocycles. The molecule has 2 rings (SSSR count). The quantitative estimate of drug-likeness (QED) is 0.685. The lowest BCUT2D eigenvalue weighted by Crippen LogP contribution is -2.18. The van der Waals surface area contributed by atoms with Crippen LogP contribution in [0, 0.1) is 11.3 Å². The van der Waals surface area contributed by atoms with Crippen molar-refractivity contribution in [2.75, 3.05) is 0 Å². The summed E-state index contributed by atoms with van der Waals surface area (Å²) in [4.78, 5) is 14.7. The van der Waals surface area contributed by atoms with Gasteiger partial charge >= 0.3 is 0 Å². The molecule has 1 fully saturated rings. The van der Waals surface area contributed by atoms with Gasteiger partial charge < -0.3 is 4.57 Å². The van der Waals surface area contributed by atoms with Crippen LogP contribution in [0.2, 0.25) is 0 Å². The maximum absolute atomic E-state index is 10.7. The Morgan fingerprint density at radius 1 is 1.64 bits per heavy atom. The van der Waals surface area contributed by atoms with E-state index in [4.69, 9.17) is 0 Å². The molecule has 1 aliphatic carbocycles. The summed E-state index contributed by atoms with van der Waals surface area (Å²) in [5.41, 5.74) is 1.12. The number of imidazole rings is 1. The van der Waals surface area contributed by atoms with E-state index in [1.165, 1.54) is 12.8 Å². The lowest BCUT2D eigenvalue weighted by Gasteiger charge is -2.20. The van der Waals surface area contributed by atoms with Crippen LogP contribution >= 0.6 is 0 Å². The Bertz CT molecular complexity index is 337. The van der Waals surface area contributed by atoms with Crippen LogP contribution < -0.4 is 0 Å². The minimum absolute atomic E-state index is 0.429. The van der Waals surface area contributed by atoms with E-state index < -0.39 is 0 Å². The molecular formula is C11H16N2O. The van der Waals surface area contributed by atoms with Crippen molar-refractivity contribution in [3.8, 4) is 0 Å². The molecule has 1 aliphatic rings. The Hall–Kier alpha value is -1.12. The van der Waals surface area contributed by atoms with Crippen LogP contribution in [0.25, 0.3) is 0 Å². The second-order valence-electron chi connectivity index (χ2n) is 4.58. The molecule has 0 amide bonds. The Balaban J connectivity index is 2.14. The Kier molecular flexibility index (Phi) is 2.17. The maximum atomic E-state index is 10.7. The summed E-state index contributed by atoms with van der Waals surface area (Å²) >= 11 is 0. The van der Waals surface area contributed by atoms with Gasteiger partial charge in [-0.3, -0.25) is 4.79 Å². The van der Waals surface area contributed by atoms with Gasteiger partial charge in [0.1, 0.15) is 5.69 Å². The third-order valence-electron chi connectivity index (χ3n) is 3.47. The van der Waals surface area contributed by atoms with Crippen LogP contribution in [-0.4, -0.2) is 15.8 Å². The van der Waals surface area contributed by atoms with Crippen LogP contribution in [0.1, 0.15) is 37.2 Å². The van der Waals surface area contributed by atoms with Crippen molar-refractivity contribution in [3.05, 3.63) is 18.2 Å². The molecule has 0 N–H and O–H groups in total. The first kappa shape index (κ1) is 9.44. The molecule has 3 heteroatoms. The summed E-state index contributed by atoms with van der Waals surface area (Å²) in [6.45, 7) is 5.45. The van der Waals surface area contributed by atoms with Gasteiger partial charge in [0, 0.05) is 6.54 Å². The molecule has 3 nitrogen and oxygen atoms in total. The van der Waals surface area contributed by atoms with Gasteiger partial charge in [-0.2, -0.15) is 0 Å². The van der Waals surface area contributed by atoms with E-state index in [1.807, 2.05) is 4.57 Å². The highest BCUT2D eigenvalue weighted by molar-refractivity contribution is 5.71. The van der Waals surface area contributed by atoms with Gasteiger partial charge in [-0.25, -0.2) is 4.98 Å². The molecular weight excluding hydrogens is 176 g/mol. The van der Waals surface area contributed by atoms with Crippen molar-refractivity contribution in [1.29, 1.82) is 0 Å². The molecule has 0 atom stereocenters. The highest BCUT2D eigenvalue weighted by Gasteiger charge is 2.45. The fourth-order valence-corrected chi connectivity index (χ4v) is 1.98. The topological polar surface area (TPSA) is 34.9 Å². The lowest BCUT2D eigenvalue weighted by molar-refractivity contribution is 0.111. The Morgan fingerprint density at radius 3 is 2.86 bits per heavy atom. The number of nitrogens with zero attached hydrogens (tertiary/aromatic N) is 2. The maximum Gasteiger partial charge on any atom is 0.168 e. The van der Waals surface area contributed by atoms with Gasteiger partial charge in [0.2, 0.25) is 0 Å². The first-order valence-electron chi connectivity index (χ1n) is 5.13. The standard InChI is InChI=1S/C11H16N2O/c1-9(2)11(3-4-11)7-13-8-12-5-10(13)6-14/h5-6,8-9H,3-4,7H2,1-2H3. The van der Waals surface area contributed by atoms with E-state index in [2.05, 4.69) is 18.8 Å². The predicted octanol–water partition coefficient (Wildman–Crippen LogP) is 2.13. The molecule has 14 heavy (non-hydrogen) atoms. The first-order chi connectivity index (χ1) is 6.68. The van der Waals surface area contributed by atoms with Crippen molar-refractivity contribution in [1.82, 2.24) is 9.55 Å². The van der Waals surface area contributed by atoms with Crippen molar-refractivity contribution < 1.29 is 4.79 Å². The zero-order valence-corrected chi connectivity index (χ0v) is 8.73. The van der Waals surface area contributed by atoms with Crippen LogP contribution in [0.5, 0.6) is 0 Å². The van der Waals surface area contributed by atoms with Crippen molar-refractivity contribution >= 4 is 6.29 Å². The van der Waals surface area contributed by atoms with E-state index in [0.29, 0.717) is 17.0 Å². The van der Waals surface area contributed by atoms with Gasteiger partial charge in [0.25, 0.3) is 0 Å². The summed E-state index contributed by atoms with van der Waals surface area (Å²) in [7, 11) is 0. The van der Waals surface area contributed by atoms with Crippen LogP contribution in [0.4, 0.5) is 0 Å². The second kappa shape index (κ2) is 3.23. The highest BCUT2D eigenvalue weighted by Crippen LogP contribution is 2.53. The number of carbonyl (C=O) groups is 1. The molecule has 1 saturated carbocycles. The smallest absolute Gasteiger partial charge is 0.168 e. The van der Waals surface area contributed by atoms with E-state index in [1.54, 1.807) is 12.5 Å². The van der Waals surface area contributed by atoms with Crippen LogP contribution in [-0.2, 0) is 6.54 Å². The van der Waals surface area contributed by atoms with E-state index >= 15 is 0 Å². The SMILES string of the molecule is CC(C)C1(Cn2cncc2C=O)CC1. The van der Waals surface area contributed by atoms with Gasteiger partial charge in [-0.05, 0) is 24.2 Å². The Labute approximate surface area is 84.1 Å². The average Bonchev–Trinajstić information content (AvgIpc) is 2.79. The van der Waals surface area contributed by atoms with Gasteiger partial charge in [-0.15, -0.1) is 0 Å². The molecule has 0 bridgehead atoms. The van der Waals surface area contributed by atoms with E-state index in [-0.39, 0.29) is 0 Å². The summed E-state index contributed by atoms with van der Waals surface area (Å²) in [5, 5.41) is 0. The Morgan fingerprint density at radius 2 is 2.36 bits per heavy atom. The minimum atomic E-state index is 0.429. The lowest BCUT2D eigenvalue weighted by atomic mass is 9.92. The third-order valence-corrected chi connectivity index (χ3v) is 3.47. The number of aromatic nitrogens is 2. The predicted molar refractivity (Wildman–Crippen MR) is 54.1 cm³/mol.